The summed E-state index contributed by atoms with van der Waals surface area (Å²) in [6, 6.07) is 2.38. The van der Waals surface area contributed by atoms with Crippen LogP contribution in [0.2, 0.25) is 0 Å². The number of nitro benzene ring substituents is 1. The lowest BCUT2D eigenvalue weighted by atomic mass is 10.1. The minimum Gasteiger partial charge on any atom is -0.385 e. The number of aryl methyl sites for hydroxylation is 1. The van der Waals surface area contributed by atoms with Crippen molar-refractivity contribution >= 4 is 11.4 Å². The van der Waals surface area contributed by atoms with Crippen molar-refractivity contribution in [3.05, 3.63) is 33.6 Å². The Bertz CT molecular complexity index is 410. The molecular formula is C11H15FN2O3. The van der Waals surface area contributed by atoms with Crippen LogP contribution in [0.5, 0.6) is 0 Å². The smallest absolute Gasteiger partial charge is 0.295 e. The first-order chi connectivity index (χ1) is 8.06. The van der Waals surface area contributed by atoms with Crippen molar-refractivity contribution in [1.82, 2.24) is 0 Å². The van der Waals surface area contributed by atoms with Gasteiger partial charge in [0.15, 0.2) is 0 Å². The lowest BCUT2D eigenvalue weighted by Gasteiger charge is -2.08. The molecule has 0 atom stereocenters. The Balaban J connectivity index is 2.81. The van der Waals surface area contributed by atoms with Crippen LogP contribution >= 0.6 is 0 Å². The van der Waals surface area contributed by atoms with Gasteiger partial charge in [-0.1, -0.05) is 0 Å². The molecule has 5 nitrogen and oxygen atoms in total. The predicted octanol–water partition coefficient (Wildman–Crippen LogP) is 2.49. The predicted molar refractivity (Wildman–Crippen MR) is 62.8 cm³/mol. The van der Waals surface area contributed by atoms with Crippen molar-refractivity contribution in [3.8, 4) is 0 Å². The van der Waals surface area contributed by atoms with Crippen molar-refractivity contribution in [3.63, 3.8) is 0 Å². The van der Waals surface area contributed by atoms with Crippen LogP contribution in [0.1, 0.15) is 12.0 Å². The zero-order chi connectivity index (χ0) is 12.8. The first-order valence-corrected chi connectivity index (χ1v) is 5.23. The Morgan fingerprint density at radius 2 is 2.24 bits per heavy atom. The van der Waals surface area contributed by atoms with Crippen LogP contribution in [-0.2, 0) is 4.74 Å². The summed E-state index contributed by atoms with van der Waals surface area (Å²) >= 11 is 0. The highest BCUT2D eigenvalue weighted by Crippen LogP contribution is 2.27. The van der Waals surface area contributed by atoms with Crippen LogP contribution in [0.15, 0.2) is 12.1 Å². The van der Waals surface area contributed by atoms with Gasteiger partial charge in [0.2, 0.25) is 0 Å². The SMILES string of the molecule is COCCCNc1cc(C)c(F)cc1[N+](=O)[O-]. The van der Waals surface area contributed by atoms with Crippen LogP contribution in [0.3, 0.4) is 0 Å². The van der Waals surface area contributed by atoms with Crippen molar-refractivity contribution in [2.24, 2.45) is 0 Å². The van der Waals surface area contributed by atoms with Crippen LogP contribution < -0.4 is 5.32 Å². The first-order valence-electron chi connectivity index (χ1n) is 5.23. The largest absolute Gasteiger partial charge is 0.385 e. The number of nitrogens with one attached hydrogen (secondary N) is 1. The molecule has 0 aliphatic carbocycles. The van der Waals surface area contributed by atoms with Crippen molar-refractivity contribution in [2.45, 2.75) is 13.3 Å². The number of hydrogen-bond donors (Lipinski definition) is 1. The van der Waals surface area contributed by atoms with Gasteiger partial charge in [-0.3, -0.25) is 10.1 Å². The summed E-state index contributed by atoms with van der Waals surface area (Å²) in [4.78, 5) is 10.2. The van der Waals surface area contributed by atoms with E-state index in [4.69, 9.17) is 4.74 Å². The second-order valence-corrected chi connectivity index (χ2v) is 3.65. The zero-order valence-corrected chi connectivity index (χ0v) is 9.83. The number of methoxy groups -OCH3 is 1. The third-order valence-electron chi connectivity index (χ3n) is 2.31. The number of halogens is 1. The molecule has 17 heavy (non-hydrogen) atoms. The van der Waals surface area contributed by atoms with Gasteiger partial charge in [-0.25, -0.2) is 4.39 Å². The van der Waals surface area contributed by atoms with E-state index in [0.717, 1.165) is 12.5 Å². The molecule has 0 heterocycles. The summed E-state index contributed by atoms with van der Waals surface area (Å²) in [5.74, 6) is -0.570. The van der Waals surface area contributed by atoms with E-state index in [1.807, 2.05) is 0 Å². The summed E-state index contributed by atoms with van der Waals surface area (Å²) in [7, 11) is 1.59. The monoisotopic (exact) mass is 242 g/mol. The average molecular weight is 242 g/mol. The molecular weight excluding hydrogens is 227 g/mol. The quantitative estimate of drug-likeness (QED) is 0.473. The van der Waals surface area contributed by atoms with Crippen LogP contribution in [0.25, 0.3) is 0 Å². The molecule has 0 saturated carbocycles. The Kier molecular flexibility index (Phi) is 4.84. The molecule has 0 radical (unpaired) electrons. The van der Waals surface area contributed by atoms with E-state index in [1.165, 1.54) is 6.07 Å². The molecule has 1 aromatic rings. The highest BCUT2D eigenvalue weighted by atomic mass is 19.1. The van der Waals surface area contributed by atoms with E-state index in [1.54, 1.807) is 14.0 Å². The second kappa shape index (κ2) is 6.15. The molecule has 1 rings (SSSR count). The maximum Gasteiger partial charge on any atom is 0.295 e. The zero-order valence-electron chi connectivity index (χ0n) is 9.83. The van der Waals surface area contributed by atoms with E-state index in [0.29, 0.717) is 24.4 Å². The van der Waals surface area contributed by atoms with Crippen molar-refractivity contribution in [1.29, 1.82) is 0 Å². The fourth-order valence-corrected chi connectivity index (χ4v) is 1.40. The van der Waals surface area contributed by atoms with E-state index >= 15 is 0 Å². The van der Waals surface area contributed by atoms with Gasteiger partial charge in [-0.15, -0.1) is 0 Å². The Hall–Kier alpha value is -1.69. The van der Waals surface area contributed by atoms with E-state index in [2.05, 4.69) is 5.32 Å². The summed E-state index contributed by atoms with van der Waals surface area (Å²) in [5.41, 5.74) is 0.473. The lowest BCUT2D eigenvalue weighted by Crippen LogP contribution is -2.07. The molecule has 1 N–H and O–H groups in total. The number of anilines is 1. The number of hydrogen-bond acceptors (Lipinski definition) is 4. The highest BCUT2D eigenvalue weighted by Gasteiger charge is 2.16. The van der Waals surface area contributed by atoms with Gasteiger partial charge in [0, 0.05) is 20.3 Å². The highest BCUT2D eigenvalue weighted by molar-refractivity contribution is 5.63. The van der Waals surface area contributed by atoms with Crippen LogP contribution in [0, 0.1) is 22.9 Å². The number of nitrogens with zero attached hydrogens (tertiary/aromatic N) is 1. The molecule has 0 fully saturated rings. The fraction of sp³-hybridized carbons (Fsp3) is 0.455. The van der Waals surface area contributed by atoms with Gasteiger partial charge in [0.25, 0.3) is 5.69 Å². The summed E-state index contributed by atoms with van der Waals surface area (Å²) < 4.78 is 18.1. The molecule has 0 aromatic heterocycles. The second-order valence-electron chi connectivity index (χ2n) is 3.65. The molecule has 0 saturated heterocycles. The molecule has 0 aliphatic heterocycles. The number of rotatable bonds is 6. The summed E-state index contributed by atoms with van der Waals surface area (Å²) in [5, 5.41) is 13.7. The standard InChI is InChI=1S/C11H15FN2O3/c1-8-6-10(13-4-3-5-17-2)11(14(15)16)7-9(8)12/h6-7,13H,3-5H2,1-2H3. The van der Waals surface area contributed by atoms with E-state index < -0.39 is 10.7 Å². The summed E-state index contributed by atoms with van der Waals surface area (Å²) in [6.07, 6.45) is 0.726. The molecule has 6 heteroatoms. The lowest BCUT2D eigenvalue weighted by molar-refractivity contribution is -0.384. The third-order valence-corrected chi connectivity index (χ3v) is 2.31. The van der Waals surface area contributed by atoms with Gasteiger partial charge < -0.3 is 10.1 Å². The Morgan fingerprint density at radius 3 is 2.82 bits per heavy atom. The number of benzene rings is 1. The molecule has 0 spiro atoms. The van der Waals surface area contributed by atoms with Crippen molar-refractivity contribution in [2.75, 3.05) is 25.6 Å². The van der Waals surface area contributed by atoms with Gasteiger partial charge >= 0.3 is 0 Å². The van der Waals surface area contributed by atoms with E-state index in [-0.39, 0.29) is 5.69 Å². The molecule has 1 aromatic carbocycles. The molecule has 0 amide bonds. The van der Waals surface area contributed by atoms with Gasteiger partial charge in [0.05, 0.1) is 11.0 Å². The molecule has 0 unspecified atom stereocenters. The number of nitro groups is 1. The topological polar surface area (TPSA) is 64.4 Å². The molecule has 0 aliphatic rings. The van der Waals surface area contributed by atoms with Gasteiger partial charge in [-0.05, 0) is 25.0 Å². The van der Waals surface area contributed by atoms with Crippen molar-refractivity contribution < 1.29 is 14.1 Å². The van der Waals surface area contributed by atoms with Gasteiger partial charge in [-0.2, -0.15) is 0 Å². The summed E-state index contributed by atoms with van der Waals surface area (Å²) in [6.45, 7) is 2.68. The van der Waals surface area contributed by atoms with E-state index in [9.17, 15) is 14.5 Å². The van der Waals surface area contributed by atoms with Crippen LogP contribution in [-0.4, -0.2) is 25.2 Å². The maximum absolute atomic E-state index is 13.2. The maximum atomic E-state index is 13.2. The molecule has 0 bridgehead atoms. The fourth-order valence-electron chi connectivity index (χ4n) is 1.40. The third kappa shape index (κ3) is 3.67. The normalized spacial score (nSPS) is 10.3. The van der Waals surface area contributed by atoms with Gasteiger partial charge in [0.1, 0.15) is 11.5 Å². The Morgan fingerprint density at radius 1 is 1.53 bits per heavy atom. The number of ether oxygens (including phenoxy) is 1. The van der Waals surface area contributed by atoms with Crippen LogP contribution in [0.4, 0.5) is 15.8 Å². The first kappa shape index (κ1) is 13.4. The minimum absolute atomic E-state index is 0.245. The Labute approximate surface area is 98.7 Å². The average Bonchev–Trinajstić information content (AvgIpc) is 2.28. The molecule has 94 valence electrons. The minimum atomic E-state index is -0.596.